The van der Waals surface area contributed by atoms with Crippen LogP contribution in [0, 0.1) is 0 Å². The summed E-state index contributed by atoms with van der Waals surface area (Å²) in [6.45, 7) is 0. The molecule has 0 saturated carbocycles. The summed E-state index contributed by atoms with van der Waals surface area (Å²) in [6, 6.07) is 64.1. The maximum Gasteiger partial charge on any atom is 0.0791 e. The molecule has 0 atom stereocenters. The van der Waals surface area contributed by atoms with Crippen LogP contribution in [0.25, 0.3) is 66.7 Å². The van der Waals surface area contributed by atoms with E-state index in [2.05, 4.69) is 176 Å². The van der Waals surface area contributed by atoms with E-state index in [1.54, 1.807) is 0 Å². The van der Waals surface area contributed by atoms with Gasteiger partial charge in [0.05, 0.1) is 16.6 Å². The second-order valence-corrected chi connectivity index (χ2v) is 12.6. The van der Waals surface area contributed by atoms with Crippen LogP contribution in [-0.2, 0) is 5.41 Å². The van der Waals surface area contributed by atoms with Gasteiger partial charge in [0.15, 0.2) is 0 Å². The van der Waals surface area contributed by atoms with Crippen molar-refractivity contribution < 1.29 is 0 Å². The number of fused-ring (bicyclic) bond motifs is 12. The Balaban J connectivity index is 1.20. The van der Waals surface area contributed by atoms with Crippen LogP contribution in [0.3, 0.4) is 0 Å². The molecular weight excluding hydrogens is 567 g/mol. The molecule has 0 unspecified atom stereocenters. The largest absolute Gasteiger partial charge is 0.247 e. The summed E-state index contributed by atoms with van der Waals surface area (Å²) in [4.78, 5) is 5.43. The molecule has 10 rings (SSSR count). The minimum atomic E-state index is -0.420. The summed E-state index contributed by atoms with van der Waals surface area (Å²) in [5, 5.41) is 1.21. The van der Waals surface area contributed by atoms with Gasteiger partial charge >= 0.3 is 0 Å². The Bertz CT molecular complexity index is 2440. The molecule has 1 heteroatoms. The fourth-order valence-corrected chi connectivity index (χ4v) is 8.34. The van der Waals surface area contributed by atoms with Crippen molar-refractivity contribution in [3.05, 3.63) is 198 Å². The van der Waals surface area contributed by atoms with Crippen LogP contribution in [0.4, 0.5) is 0 Å². The number of aromatic nitrogens is 1. The van der Waals surface area contributed by atoms with Gasteiger partial charge in [0.1, 0.15) is 0 Å². The Morgan fingerprint density at radius 3 is 1.36 bits per heavy atom. The minimum Gasteiger partial charge on any atom is -0.247 e. The molecule has 0 fully saturated rings. The lowest BCUT2D eigenvalue weighted by Crippen LogP contribution is -2.26. The molecular formula is C46H29N. The van der Waals surface area contributed by atoms with Gasteiger partial charge < -0.3 is 0 Å². The molecule has 0 N–H and O–H groups in total. The van der Waals surface area contributed by atoms with Crippen LogP contribution >= 0.6 is 0 Å². The van der Waals surface area contributed by atoms with Gasteiger partial charge in [0, 0.05) is 16.5 Å². The molecule has 0 radical (unpaired) electrons. The molecule has 2 aliphatic carbocycles. The van der Waals surface area contributed by atoms with Crippen molar-refractivity contribution in [2.24, 2.45) is 0 Å². The van der Waals surface area contributed by atoms with E-state index in [0.29, 0.717) is 0 Å². The highest BCUT2D eigenvalue weighted by Gasteiger charge is 2.53. The van der Waals surface area contributed by atoms with Gasteiger partial charge in [0.25, 0.3) is 0 Å². The van der Waals surface area contributed by atoms with Crippen molar-refractivity contribution >= 4 is 10.9 Å². The van der Waals surface area contributed by atoms with Crippen molar-refractivity contribution in [2.45, 2.75) is 5.41 Å². The SMILES string of the molecule is c1ccc(-c2ccc(-c3ccc(-c4nc5ccccc5c5c4-c4ccccc4C54c5ccccc5-c5ccccc54)cc3)cc2)cc1. The van der Waals surface area contributed by atoms with Crippen molar-refractivity contribution in [3.63, 3.8) is 0 Å². The standard InChI is InChI=1S/C46H29N/c1-2-12-30(13-3-1)31-22-24-32(25-23-31)33-26-28-34(29-27-33)45-43-37-16-6-10-20-41(37)46(44(43)38-17-7-11-21-42(38)47-45)39-18-8-4-14-35(39)36-15-5-9-19-40(36)46/h1-29H. The van der Waals surface area contributed by atoms with Gasteiger partial charge in [-0.1, -0.05) is 170 Å². The number of nitrogens with zero attached hydrogens (tertiary/aromatic N) is 1. The molecule has 1 aromatic heterocycles. The third-order valence-corrected chi connectivity index (χ3v) is 10.3. The highest BCUT2D eigenvalue weighted by Crippen LogP contribution is 2.65. The average molecular weight is 596 g/mol. The monoisotopic (exact) mass is 595 g/mol. The van der Waals surface area contributed by atoms with E-state index in [-0.39, 0.29) is 0 Å². The third kappa shape index (κ3) is 3.63. The van der Waals surface area contributed by atoms with Gasteiger partial charge in [-0.15, -0.1) is 0 Å². The highest BCUT2D eigenvalue weighted by molar-refractivity contribution is 6.06. The second-order valence-electron chi connectivity index (χ2n) is 12.6. The molecule has 2 aliphatic rings. The maximum absolute atomic E-state index is 5.43. The summed E-state index contributed by atoms with van der Waals surface area (Å²) in [5.74, 6) is 0. The number of para-hydroxylation sites is 1. The van der Waals surface area contributed by atoms with Crippen molar-refractivity contribution in [1.82, 2.24) is 4.98 Å². The van der Waals surface area contributed by atoms with Crippen LogP contribution in [0.15, 0.2) is 176 Å². The number of rotatable bonds is 3. The number of pyridine rings is 1. The van der Waals surface area contributed by atoms with Crippen molar-refractivity contribution in [1.29, 1.82) is 0 Å². The quantitative estimate of drug-likeness (QED) is 0.198. The molecule has 47 heavy (non-hydrogen) atoms. The average Bonchev–Trinajstić information content (AvgIpc) is 3.63. The molecule has 0 saturated heterocycles. The molecule has 1 heterocycles. The predicted molar refractivity (Wildman–Crippen MR) is 194 cm³/mol. The van der Waals surface area contributed by atoms with E-state index in [1.165, 1.54) is 72.1 Å². The summed E-state index contributed by atoms with van der Waals surface area (Å²) >= 11 is 0. The van der Waals surface area contributed by atoms with Gasteiger partial charge in [-0.3, -0.25) is 0 Å². The van der Waals surface area contributed by atoms with E-state index in [0.717, 1.165) is 16.8 Å². The predicted octanol–water partition coefficient (Wildman–Crippen LogP) is 11.6. The molecule has 1 nitrogen and oxygen atoms in total. The summed E-state index contributed by atoms with van der Waals surface area (Å²) in [6.07, 6.45) is 0. The second kappa shape index (κ2) is 9.97. The molecule has 218 valence electrons. The molecule has 8 aromatic rings. The minimum absolute atomic E-state index is 0.420. The first-order chi connectivity index (χ1) is 23.3. The van der Waals surface area contributed by atoms with E-state index in [9.17, 15) is 0 Å². The van der Waals surface area contributed by atoms with Crippen LogP contribution in [-0.4, -0.2) is 4.98 Å². The molecule has 1 spiro atoms. The maximum atomic E-state index is 5.43. The highest BCUT2D eigenvalue weighted by atomic mass is 14.7. The zero-order valence-corrected chi connectivity index (χ0v) is 25.7. The Morgan fingerprint density at radius 2 is 0.766 bits per heavy atom. The first-order valence-corrected chi connectivity index (χ1v) is 16.3. The zero-order valence-electron chi connectivity index (χ0n) is 25.7. The summed E-state index contributed by atoms with van der Waals surface area (Å²) in [7, 11) is 0. The van der Waals surface area contributed by atoms with E-state index < -0.39 is 5.41 Å². The molecule has 0 amide bonds. The van der Waals surface area contributed by atoms with Crippen molar-refractivity contribution in [2.75, 3.05) is 0 Å². The lowest BCUT2D eigenvalue weighted by Gasteiger charge is -2.31. The Hall–Kier alpha value is -6.05. The summed E-state index contributed by atoms with van der Waals surface area (Å²) < 4.78 is 0. The Kier molecular flexibility index (Phi) is 5.56. The smallest absolute Gasteiger partial charge is 0.0791 e. The lowest BCUT2D eigenvalue weighted by molar-refractivity contribution is 0.801. The van der Waals surface area contributed by atoms with Crippen LogP contribution in [0.1, 0.15) is 22.3 Å². The fourth-order valence-electron chi connectivity index (χ4n) is 8.34. The number of benzene rings is 7. The van der Waals surface area contributed by atoms with Gasteiger partial charge in [-0.25, -0.2) is 4.98 Å². The van der Waals surface area contributed by atoms with Gasteiger partial charge in [0.2, 0.25) is 0 Å². The van der Waals surface area contributed by atoms with Crippen LogP contribution in [0.2, 0.25) is 0 Å². The normalized spacial score (nSPS) is 13.3. The fraction of sp³-hybridized carbons (Fsp3) is 0.0217. The number of hydrogen-bond donors (Lipinski definition) is 0. The van der Waals surface area contributed by atoms with Gasteiger partial charge in [-0.05, 0) is 67.3 Å². The first-order valence-electron chi connectivity index (χ1n) is 16.3. The molecule has 0 aliphatic heterocycles. The van der Waals surface area contributed by atoms with Crippen molar-refractivity contribution in [3.8, 4) is 55.8 Å². The Morgan fingerprint density at radius 1 is 0.340 bits per heavy atom. The van der Waals surface area contributed by atoms with E-state index in [4.69, 9.17) is 4.98 Å². The molecule has 7 aromatic carbocycles. The topological polar surface area (TPSA) is 12.9 Å². The number of hydrogen-bond acceptors (Lipinski definition) is 1. The first kappa shape index (κ1) is 26.2. The van der Waals surface area contributed by atoms with E-state index in [1.807, 2.05) is 0 Å². The van der Waals surface area contributed by atoms with E-state index >= 15 is 0 Å². The van der Waals surface area contributed by atoms with Crippen LogP contribution in [0.5, 0.6) is 0 Å². The lowest BCUT2D eigenvalue weighted by atomic mass is 9.69. The third-order valence-electron chi connectivity index (χ3n) is 10.3. The zero-order chi connectivity index (χ0) is 31.0. The van der Waals surface area contributed by atoms with Gasteiger partial charge in [-0.2, -0.15) is 0 Å². The Labute approximate surface area is 274 Å². The summed E-state index contributed by atoms with van der Waals surface area (Å²) in [5.41, 5.74) is 18.2. The van der Waals surface area contributed by atoms with Crippen LogP contribution < -0.4 is 0 Å². The molecule has 0 bridgehead atoms.